The summed E-state index contributed by atoms with van der Waals surface area (Å²) in [5.41, 5.74) is 1.23. The molecule has 0 aliphatic carbocycles. The summed E-state index contributed by atoms with van der Waals surface area (Å²) in [6.45, 7) is 7.41. The molecule has 2 rings (SSSR count). The molecule has 1 unspecified atom stereocenters. The second-order valence-corrected chi connectivity index (χ2v) is 5.95. The van der Waals surface area contributed by atoms with Crippen molar-refractivity contribution in [2.45, 2.75) is 39.8 Å². The van der Waals surface area contributed by atoms with Gasteiger partial charge in [-0.1, -0.05) is 13.0 Å². The van der Waals surface area contributed by atoms with Crippen LogP contribution in [0, 0.1) is 11.7 Å². The molecule has 0 spiro atoms. The average molecular weight is 435 g/mol. The maximum Gasteiger partial charge on any atom is 0.194 e. The summed E-state index contributed by atoms with van der Waals surface area (Å²) in [5, 5.41) is 12.5. The molecule has 0 aromatic heterocycles. The van der Waals surface area contributed by atoms with Crippen molar-refractivity contribution in [3.63, 3.8) is 0 Å². The Balaban J connectivity index is 0.00000264. The molecule has 0 radical (unpaired) electrons. The number of nitrogens with one attached hydrogen (secondary N) is 1. The van der Waals surface area contributed by atoms with Crippen molar-refractivity contribution in [2.75, 3.05) is 19.6 Å². The van der Waals surface area contributed by atoms with E-state index in [1.165, 1.54) is 18.9 Å². The molecule has 2 N–H and O–H groups in total. The normalized spacial score (nSPS) is 18.5. The first-order chi connectivity index (χ1) is 10.6. The van der Waals surface area contributed by atoms with Crippen molar-refractivity contribution in [3.8, 4) is 0 Å². The number of nitrogens with zero attached hydrogens (tertiary/aromatic N) is 2. The number of piperidine rings is 1. The predicted octanol–water partition coefficient (Wildman–Crippen LogP) is 3.13. The fourth-order valence-corrected chi connectivity index (χ4v) is 2.82. The van der Waals surface area contributed by atoms with Crippen LogP contribution >= 0.6 is 24.0 Å². The molecule has 0 amide bonds. The Kier molecular flexibility index (Phi) is 8.83. The van der Waals surface area contributed by atoms with Crippen LogP contribution in [0.25, 0.3) is 0 Å². The summed E-state index contributed by atoms with van der Waals surface area (Å²) in [4.78, 5) is 6.97. The molecule has 0 saturated carbocycles. The highest BCUT2D eigenvalue weighted by Gasteiger charge is 2.19. The minimum absolute atomic E-state index is 0. The number of halogens is 2. The highest BCUT2D eigenvalue weighted by molar-refractivity contribution is 14.0. The van der Waals surface area contributed by atoms with Gasteiger partial charge in [-0.2, -0.15) is 0 Å². The van der Waals surface area contributed by atoms with E-state index in [0.29, 0.717) is 18.0 Å². The van der Waals surface area contributed by atoms with Gasteiger partial charge in [0.1, 0.15) is 5.82 Å². The molecule has 1 aromatic carbocycles. The summed E-state index contributed by atoms with van der Waals surface area (Å²) in [5.74, 6) is 1.24. The van der Waals surface area contributed by atoms with Gasteiger partial charge in [0.15, 0.2) is 5.96 Å². The van der Waals surface area contributed by atoms with Crippen molar-refractivity contribution < 1.29 is 9.50 Å². The average Bonchev–Trinajstić information content (AvgIpc) is 2.52. The molecule has 4 nitrogen and oxygen atoms in total. The van der Waals surface area contributed by atoms with Crippen LogP contribution in [0.15, 0.2) is 23.2 Å². The molecule has 1 atom stereocenters. The zero-order valence-electron chi connectivity index (χ0n) is 13.9. The summed E-state index contributed by atoms with van der Waals surface area (Å²) in [7, 11) is 0. The van der Waals surface area contributed by atoms with Gasteiger partial charge in [0.05, 0.1) is 13.2 Å². The van der Waals surface area contributed by atoms with Crippen LogP contribution in [0.3, 0.4) is 0 Å². The Labute approximate surface area is 155 Å². The van der Waals surface area contributed by atoms with Crippen LogP contribution in [0.5, 0.6) is 0 Å². The molecule has 1 fully saturated rings. The highest BCUT2D eigenvalue weighted by atomic mass is 127. The molecule has 1 aliphatic heterocycles. The molecule has 1 aliphatic rings. The second kappa shape index (κ2) is 10.1. The number of hydrogen-bond acceptors (Lipinski definition) is 2. The lowest BCUT2D eigenvalue weighted by Crippen LogP contribution is -2.46. The van der Waals surface area contributed by atoms with E-state index in [0.717, 1.165) is 31.2 Å². The van der Waals surface area contributed by atoms with E-state index in [1.54, 1.807) is 12.1 Å². The van der Waals surface area contributed by atoms with Crippen molar-refractivity contribution in [3.05, 3.63) is 35.1 Å². The van der Waals surface area contributed by atoms with Gasteiger partial charge in [-0.3, -0.25) is 0 Å². The molecule has 1 aromatic rings. The van der Waals surface area contributed by atoms with E-state index in [4.69, 9.17) is 5.11 Å². The predicted molar refractivity (Wildman–Crippen MR) is 103 cm³/mol. The summed E-state index contributed by atoms with van der Waals surface area (Å²) >= 11 is 0. The van der Waals surface area contributed by atoms with Crippen LogP contribution in [-0.4, -0.2) is 35.6 Å². The molecule has 0 bridgehead atoms. The van der Waals surface area contributed by atoms with E-state index >= 15 is 0 Å². The van der Waals surface area contributed by atoms with Crippen molar-refractivity contribution in [2.24, 2.45) is 10.9 Å². The molecule has 130 valence electrons. The molecule has 23 heavy (non-hydrogen) atoms. The minimum atomic E-state index is -0.369. The third-order valence-electron chi connectivity index (χ3n) is 3.98. The monoisotopic (exact) mass is 435 g/mol. The lowest BCUT2D eigenvalue weighted by atomic mass is 10.0. The van der Waals surface area contributed by atoms with Crippen LogP contribution in [0.1, 0.15) is 37.8 Å². The highest BCUT2D eigenvalue weighted by Crippen LogP contribution is 2.16. The Morgan fingerprint density at radius 3 is 2.91 bits per heavy atom. The molecule has 6 heteroatoms. The largest absolute Gasteiger partial charge is 0.392 e. The number of guanidine groups is 1. The maximum atomic E-state index is 13.4. The topological polar surface area (TPSA) is 47.9 Å². The van der Waals surface area contributed by atoms with Gasteiger partial charge in [-0.25, -0.2) is 9.38 Å². The van der Waals surface area contributed by atoms with E-state index in [-0.39, 0.29) is 36.4 Å². The Morgan fingerprint density at radius 2 is 2.26 bits per heavy atom. The Bertz CT molecular complexity index is 525. The molecular weight excluding hydrogens is 408 g/mol. The Morgan fingerprint density at radius 1 is 1.48 bits per heavy atom. The van der Waals surface area contributed by atoms with Gasteiger partial charge in [0.2, 0.25) is 0 Å². The fraction of sp³-hybridized carbons (Fsp3) is 0.588. The first-order valence-electron chi connectivity index (χ1n) is 8.05. The first-order valence-corrected chi connectivity index (χ1v) is 8.05. The Hall–Kier alpha value is -0.890. The van der Waals surface area contributed by atoms with Crippen molar-refractivity contribution in [1.82, 2.24) is 10.2 Å². The zero-order chi connectivity index (χ0) is 15.9. The van der Waals surface area contributed by atoms with Crippen LogP contribution in [0.4, 0.5) is 4.39 Å². The van der Waals surface area contributed by atoms with Gasteiger partial charge >= 0.3 is 0 Å². The zero-order valence-corrected chi connectivity index (χ0v) is 16.2. The second-order valence-electron chi connectivity index (χ2n) is 5.95. The molecular formula is C17H27FIN3O. The third kappa shape index (κ3) is 5.91. The third-order valence-corrected chi connectivity index (χ3v) is 3.98. The molecule has 1 saturated heterocycles. The number of aliphatic imine (C=N–C) groups is 1. The van der Waals surface area contributed by atoms with Gasteiger partial charge in [0.25, 0.3) is 0 Å². The van der Waals surface area contributed by atoms with Crippen LogP contribution in [0.2, 0.25) is 0 Å². The summed E-state index contributed by atoms with van der Waals surface area (Å²) < 4.78 is 13.4. The number of rotatable bonds is 4. The van der Waals surface area contributed by atoms with Gasteiger partial charge in [-0.05, 0) is 43.4 Å². The number of likely N-dealkylation sites (tertiary alicyclic amines) is 1. The number of hydrogen-bond donors (Lipinski definition) is 2. The fourth-order valence-electron chi connectivity index (χ4n) is 2.82. The van der Waals surface area contributed by atoms with E-state index in [2.05, 4.69) is 29.1 Å². The van der Waals surface area contributed by atoms with Gasteiger partial charge < -0.3 is 15.3 Å². The summed E-state index contributed by atoms with van der Waals surface area (Å²) in [6, 6.07) is 4.80. The number of benzene rings is 1. The lowest BCUT2D eigenvalue weighted by molar-refractivity contribution is 0.266. The van der Waals surface area contributed by atoms with E-state index in [9.17, 15) is 4.39 Å². The van der Waals surface area contributed by atoms with Gasteiger partial charge in [0, 0.05) is 25.2 Å². The quantitative estimate of drug-likeness (QED) is 0.434. The van der Waals surface area contributed by atoms with E-state index in [1.807, 2.05) is 0 Å². The number of aliphatic hydroxyl groups excluding tert-OH is 1. The lowest BCUT2D eigenvalue weighted by Gasteiger charge is -2.33. The molecule has 1 heterocycles. The minimum Gasteiger partial charge on any atom is -0.392 e. The van der Waals surface area contributed by atoms with Crippen molar-refractivity contribution in [1.29, 1.82) is 0 Å². The SMILES string of the molecule is CCNC(=NCc1ccc(F)c(CO)c1)N1CCCC(C)C1.I. The standard InChI is InChI=1S/C17H26FN3O.HI/c1-3-19-17(21-8-4-5-13(2)11-21)20-10-14-6-7-16(18)15(9-14)12-22;/h6-7,9,13,22H,3-5,8,10-12H2,1-2H3,(H,19,20);1H. The first kappa shape index (κ1) is 20.2. The van der Waals surface area contributed by atoms with Crippen molar-refractivity contribution >= 4 is 29.9 Å². The van der Waals surface area contributed by atoms with Crippen LogP contribution < -0.4 is 5.32 Å². The maximum absolute atomic E-state index is 13.4. The van der Waals surface area contributed by atoms with Crippen LogP contribution in [-0.2, 0) is 13.2 Å². The van der Waals surface area contributed by atoms with E-state index < -0.39 is 0 Å². The van der Waals surface area contributed by atoms with Gasteiger partial charge in [-0.15, -0.1) is 24.0 Å². The smallest absolute Gasteiger partial charge is 0.194 e. The summed E-state index contributed by atoms with van der Waals surface area (Å²) in [6.07, 6.45) is 2.46. The number of aliphatic hydroxyl groups is 1.